The van der Waals surface area contributed by atoms with Gasteiger partial charge >= 0.3 is 0 Å². The van der Waals surface area contributed by atoms with Crippen molar-refractivity contribution in [1.29, 1.82) is 0 Å². The van der Waals surface area contributed by atoms with Crippen LogP contribution in [-0.2, 0) is 11.8 Å². The van der Waals surface area contributed by atoms with Crippen molar-refractivity contribution in [2.45, 2.75) is 11.8 Å². The molecule has 0 heterocycles. The minimum atomic E-state index is 0.913. The van der Waals surface area contributed by atoms with E-state index in [1.165, 1.54) is 16.7 Å². The molecule has 2 aromatic carbocycles. The van der Waals surface area contributed by atoms with E-state index in [1.54, 1.807) is 0 Å². The quantitative estimate of drug-likeness (QED) is 0.730. The Kier molecular flexibility index (Phi) is 3.79. The van der Waals surface area contributed by atoms with Crippen LogP contribution in [0.1, 0.15) is 22.3 Å². The maximum absolute atomic E-state index is 3.89. The highest BCUT2D eigenvalue weighted by Gasteiger charge is 2.01. The van der Waals surface area contributed by atoms with Crippen molar-refractivity contribution < 1.29 is 0 Å². The molecule has 0 fully saturated rings. The molecule has 0 atom stereocenters. The monoisotopic (exact) mass is 273 g/mol. The van der Waals surface area contributed by atoms with Crippen LogP contribution in [0.3, 0.4) is 0 Å². The summed E-state index contributed by atoms with van der Waals surface area (Å²) in [4.78, 5) is 0. The molecule has 2 rings (SSSR count). The normalized spacial score (nSPS) is 10.4. The van der Waals surface area contributed by atoms with E-state index in [0.29, 0.717) is 0 Å². The van der Waals surface area contributed by atoms with E-state index in [4.69, 9.17) is 0 Å². The SMILES string of the molecule is [CH2]c1ccc(Cc2ccccc2CBr)cc1. The van der Waals surface area contributed by atoms with Gasteiger partial charge in [-0.15, -0.1) is 0 Å². The van der Waals surface area contributed by atoms with Crippen molar-refractivity contribution in [3.8, 4) is 0 Å². The summed E-state index contributed by atoms with van der Waals surface area (Å²) in [6.45, 7) is 3.89. The second-order valence-corrected chi connectivity index (χ2v) is 4.46. The van der Waals surface area contributed by atoms with E-state index in [1.807, 2.05) is 0 Å². The first-order chi connectivity index (χ1) is 7.79. The number of hydrogen-bond donors (Lipinski definition) is 0. The second kappa shape index (κ2) is 5.31. The van der Waals surface area contributed by atoms with Gasteiger partial charge in [0.25, 0.3) is 0 Å². The van der Waals surface area contributed by atoms with Crippen LogP contribution in [0, 0.1) is 6.92 Å². The lowest BCUT2D eigenvalue weighted by Crippen LogP contribution is -1.93. The predicted octanol–water partition coefficient (Wildman–Crippen LogP) is 4.35. The van der Waals surface area contributed by atoms with Crippen LogP contribution in [0.25, 0.3) is 0 Å². The van der Waals surface area contributed by atoms with Crippen molar-refractivity contribution >= 4 is 15.9 Å². The summed E-state index contributed by atoms with van der Waals surface area (Å²) in [6, 6.07) is 16.9. The van der Waals surface area contributed by atoms with Gasteiger partial charge in [0.15, 0.2) is 0 Å². The van der Waals surface area contributed by atoms with Crippen LogP contribution in [0.15, 0.2) is 48.5 Å². The summed E-state index contributed by atoms with van der Waals surface area (Å²) >= 11 is 3.52. The first-order valence-corrected chi connectivity index (χ1v) is 6.45. The molecular weight excluding hydrogens is 260 g/mol. The Hall–Kier alpha value is -1.08. The molecule has 2 aromatic rings. The van der Waals surface area contributed by atoms with Crippen molar-refractivity contribution in [2.75, 3.05) is 0 Å². The fourth-order valence-corrected chi connectivity index (χ4v) is 2.28. The van der Waals surface area contributed by atoms with E-state index in [0.717, 1.165) is 17.3 Å². The summed E-state index contributed by atoms with van der Waals surface area (Å²) in [5, 5.41) is 0.913. The fraction of sp³-hybridized carbons (Fsp3) is 0.133. The van der Waals surface area contributed by atoms with Gasteiger partial charge in [0.1, 0.15) is 0 Å². The second-order valence-electron chi connectivity index (χ2n) is 3.90. The molecule has 16 heavy (non-hydrogen) atoms. The Labute approximate surface area is 105 Å². The highest BCUT2D eigenvalue weighted by Crippen LogP contribution is 2.17. The molecule has 1 heteroatoms. The van der Waals surface area contributed by atoms with E-state index in [2.05, 4.69) is 71.4 Å². The van der Waals surface area contributed by atoms with Gasteiger partial charge in [-0.3, -0.25) is 0 Å². The zero-order valence-corrected chi connectivity index (χ0v) is 10.7. The Balaban J connectivity index is 2.23. The van der Waals surface area contributed by atoms with Crippen LogP contribution in [-0.4, -0.2) is 0 Å². The smallest absolute Gasteiger partial charge is 0.0285 e. The van der Waals surface area contributed by atoms with E-state index in [9.17, 15) is 0 Å². The van der Waals surface area contributed by atoms with Gasteiger partial charge in [0, 0.05) is 5.33 Å². The number of hydrogen-bond acceptors (Lipinski definition) is 0. The number of alkyl halides is 1. The Morgan fingerprint density at radius 3 is 2.12 bits per heavy atom. The van der Waals surface area contributed by atoms with Crippen molar-refractivity contribution in [2.24, 2.45) is 0 Å². The van der Waals surface area contributed by atoms with Gasteiger partial charge < -0.3 is 0 Å². The van der Waals surface area contributed by atoms with Gasteiger partial charge in [0.2, 0.25) is 0 Å². The Bertz CT molecular complexity index is 457. The van der Waals surface area contributed by atoms with Gasteiger partial charge in [0.05, 0.1) is 0 Å². The van der Waals surface area contributed by atoms with Gasteiger partial charge in [-0.1, -0.05) is 64.5 Å². The number of rotatable bonds is 3. The lowest BCUT2D eigenvalue weighted by Gasteiger charge is -2.07. The molecule has 0 amide bonds. The summed E-state index contributed by atoms with van der Waals surface area (Å²) in [5.41, 5.74) is 5.15. The van der Waals surface area contributed by atoms with Crippen molar-refractivity contribution in [3.05, 3.63) is 77.7 Å². The molecule has 0 aliphatic heterocycles. The van der Waals surface area contributed by atoms with Crippen LogP contribution in [0.5, 0.6) is 0 Å². The molecule has 0 unspecified atom stereocenters. The highest BCUT2D eigenvalue weighted by atomic mass is 79.9. The average Bonchev–Trinajstić information content (AvgIpc) is 2.33. The molecule has 0 aliphatic carbocycles. The maximum Gasteiger partial charge on any atom is 0.0285 e. The first-order valence-electron chi connectivity index (χ1n) is 5.33. The number of benzene rings is 2. The molecule has 1 radical (unpaired) electrons. The molecule has 0 spiro atoms. The minimum Gasteiger partial charge on any atom is -0.0876 e. The molecule has 0 bridgehead atoms. The summed E-state index contributed by atoms with van der Waals surface area (Å²) in [6.07, 6.45) is 0.988. The Morgan fingerprint density at radius 1 is 0.875 bits per heavy atom. The van der Waals surface area contributed by atoms with Crippen LogP contribution in [0.4, 0.5) is 0 Å². The summed E-state index contributed by atoms with van der Waals surface area (Å²) < 4.78 is 0. The van der Waals surface area contributed by atoms with Gasteiger partial charge in [-0.2, -0.15) is 0 Å². The average molecular weight is 274 g/mol. The third-order valence-electron chi connectivity index (χ3n) is 2.68. The van der Waals surface area contributed by atoms with E-state index < -0.39 is 0 Å². The molecule has 0 nitrogen and oxygen atoms in total. The molecule has 81 valence electrons. The zero-order valence-electron chi connectivity index (χ0n) is 9.12. The van der Waals surface area contributed by atoms with Gasteiger partial charge in [-0.25, -0.2) is 0 Å². The predicted molar refractivity (Wildman–Crippen MR) is 72.8 cm³/mol. The third kappa shape index (κ3) is 2.73. The lowest BCUT2D eigenvalue weighted by molar-refractivity contribution is 1.15. The third-order valence-corrected chi connectivity index (χ3v) is 3.28. The van der Waals surface area contributed by atoms with Crippen LogP contribution in [0.2, 0.25) is 0 Å². The molecule has 0 saturated carbocycles. The highest BCUT2D eigenvalue weighted by molar-refractivity contribution is 9.08. The first kappa shape index (κ1) is 11.4. The largest absolute Gasteiger partial charge is 0.0876 e. The Morgan fingerprint density at radius 2 is 1.50 bits per heavy atom. The zero-order chi connectivity index (χ0) is 11.4. The molecule has 0 aromatic heterocycles. The van der Waals surface area contributed by atoms with Crippen molar-refractivity contribution in [3.63, 3.8) is 0 Å². The standard InChI is InChI=1S/C15H14Br/c1-12-6-8-13(9-7-12)10-14-4-2-3-5-15(14)11-16/h2-9H,1,10-11H2. The maximum atomic E-state index is 3.89. The summed E-state index contributed by atoms with van der Waals surface area (Å²) in [5.74, 6) is 0. The molecule has 0 saturated heterocycles. The van der Waals surface area contributed by atoms with Crippen molar-refractivity contribution in [1.82, 2.24) is 0 Å². The fourth-order valence-electron chi connectivity index (χ4n) is 1.74. The minimum absolute atomic E-state index is 0.913. The lowest BCUT2D eigenvalue weighted by atomic mass is 10.00. The van der Waals surface area contributed by atoms with Crippen LogP contribution >= 0.6 is 15.9 Å². The topological polar surface area (TPSA) is 0 Å². The number of halogens is 1. The summed E-state index contributed by atoms with van der Waals surface area (Å²) in [7, 11) is 0. The molecule has 0 N–H and O–H groups in total. The van der Waals surface area contributed by atoms with Gasteiger partial charge in [-0.05, 0) is 35.6 Å². The molecular formula is C15H14Br. The molecule has 0 aliphatic rings. The van der Waals surface area contributed by atoms with Crippen LogP contribution < -0.4 is 0 Å². The van der Waals surface area contributed by atoms with E-state index in [-0.39, 0.29) is 0 Å². The van der Waals surface area contributed by atoms with E-state index >= 15 is 0 Å².